The molecule has 2 rings (SSSR count). The monoisotopic (exact) mass is 374 g/mol. The first-order chi connectivity index (χ1) is 9.10. The normalized spacial score (nSPS) is 19.6. The Balaban J connectivity index is 1.94. The summed E-state index contributed by atoms with van der Waals surface area (Å²) in [5, 5.41) is 12.2. The van der Waals surface area contributed by atoms with Crippen molar-refractivity contribution in [1.82, 2.24) is 4.90 Å². The third-order valence-corrected chi connectivity index (χ3v) is 4.19. The molecule has 1 saturated heterocycles. The number of halogens is 1. The minimum Gasteiger partial charge on any atom is -0.395 e. The fourth-order valence-corrected chi connectivity index (χ4v) is 3.10. The Morgan fingerprint density at radius 1 is 1.58 bits per heavy atom. The number of likely N-dealkylation sites (tertiary alicyclic amines) is 1. The maximum atomic E-state index is 12.0. The van der Waals surface area contributed by atoms with Gasteiger partial charge >= 0.3 is 0 Å². The topological polar surface area (TPSA) is 52.6 Å². The van der Waals surface area contributed by atoms with Gasteiger partial charge in [-0.1, -0.05) is 0 Å². The number of aliphatic hydroxyl groups excluding tert-OH is 1. The number of nitrogens with zero attached hydrogens (tertiary/aromatic N) is 1. The van der Waals surface area contributed by atoms with Crippen LogP contribution in [0, 0.1) is 10.5 Å². The zero-order valence-corrected chi connectivity index (χ0v) is 13.2. The molecule has 0 saturated carbocycles. The van der Waals surface area contributed by atoms with Crippen molar-refractivity contribution in [2.75, 3.05) is 25.0 Å². The molecule has 1 aliphatic rings. The van der Waals surface area contributed by atoms with Gasteiger partial charge in [-0.05, 0) is 72.7 Å². The van der Waals surface area contributed by atoms with E-state index >= 15 is 0 Å². The molecule has 1 aliphatic heterocycles. The molecule has 1 heterocycles. The molecule has 0 radical (unpaired) electrons. The molecule has 1 aromatic rings. The van der Waals surface area contributed by atoms with Crippen LogP contribution in [0.15, 0.2) is 18.2 Å². The number of carbonyl (C=O) groups is 1. The van der Waals surface area contributed by atoms with E-state index in [1.807, 2.05) is 25.1 Å². The van der Waals surface area contributed by atoms with Gasteiger partial charge in [0, 0.05) is 15.3 Å². The molecule has 4 nitrogen and oxygen atoms in total. The molecular formula is C14H19IN2O2. The van der Waals surface area contributed by atoms with Crippen LogP contribution in [0.4, 0.5) is 5.69 Å². The standard InChI is InChI=1S/C14H19IN2O2/c1-10-7-11(15)4-5-13(10)16-14(19)8-17-6-2-3-12(17)9-18/h4-5,7,12,18H,2-3,6,8-9H2,1H3,(H,16,19). The number of carbonyl (C=O) groups excluding carboxylic acids is 1. The van der Waals surface area contributed by atoms with Crippen LogP contribution < -0.4 is 5.32 Å². The van der Waals surface area contributed by atoms with Crippen LogP contribution >= 0.6 is 22.6 Å². The maximum absolute atomic E-state index is 12.0. The molecule has 1 amide bonds. The summed E-state index contributed by atoms with van der Waals surface area (Å²) in [6.45, 7) is 3.38. The molecular weight excluding hydrogens is 355 g/mol. The van der Waals surface area contributed by atoms with Crippen LogP contribution in [-0.2, 0) is 4.79 Å². The van der Waals surface area contributed by atoms with E-state index in [2.05, 4.69) is 32.8 Å². The minimum absolute atomic E-state index is 0.00958. The molecule has 5 heteroatoms. The van der Waals surface area contributed by atoms with E-state index in [9.17, 15) is 9.90 Å². The Labute approximate surface area is 127 Å². The fourth-order valence-electron chi connectivity index (χ4n) is 2.45. The van der Waals surface area contributed by atoms with Gasteiger partial charge in [-0.25, -0.2) is 0 Å². The van der Waals surface area contributed by atoms with Crippen molar-refractivity contribution in [1.29, 1.82) is 0 Å². The van der Waals surface area contributed by atoms with Gasteiger partial charge < -0.3 is 10.4 Å². The highest BCUT2D eigenvalue weighted by atomic mass is 127. The molecule has 2 N–H and O–H groups in total. The second kappa shape index (κ2) is 6.67. The lowest BCUT2D eigenvalue weighted by atomic mass is 10.2. The van der Waals surface area contributed by atoms with Crippen LogP contribution in [-0.4, -0.2) is 41.7 Å². The van der Waals surface area contributed by atoms with E-state index in [4.69, 9.17) is 0 Å². The Morgan fingerprint density at radius 3 is 3.05 bits per heavy atom. The minimum atomic E-state index is -0.00958. The summed E-state index contributed by atoms with van der Waals surface area (Å²) in [6, 6.07) is 6.10. The highest BCUT2D eigenvalue weighted by Crippen LogP contribution is 2.19. The van der Waals surface area contributed by atoms with E-state index in [0.717, 1.165) is 34.2 Å². The second-order valence-electron chi connectivity index (χ2n) is 4.96. The average molecular weight is 374 g/mol. The van der Waals surface area contributed by atoms with Crippen molar-refractivity contribution in [3.63, 3.8) is 0 Å². The number of benzene rings is 1. The van der Waals surface area contributed by atoms with Gasteiger partial charge in [-0.3, -0.25) is 9.69 Å². The lowest BCUT2D eigenvalue weighted by molar-refractivity contribution is -0.117. The summed E-state index contributed by atoms with van der Waals surface area (Å²) in [5.41, 5.74) is 1.94. The number of hydrogen-bond acceptors (Lipinski definition) is 3. The van der Waals surface area contributed by atoms with E-state index < -0.39 is 0 Å². The van der Waals surface area contributed by atoms with Gasteiger partial charge in [0.1, 0.15) is 0 Å². The first-order valence-corrected chi connectivity index (χ1v) is 7.59. The van der Waals surface area contributed by atoms with Gasteiger partial charge in [0.15, 0.2) is 0 Å². The molecule has 0 aromatic heterocycles. The van der Waals surface area contributed by atoms with Crippen LogP contribution in [0.3, 0.4) is 0 Å². The van der Waals surface area contributed by atoms with Crippen molar-refractivity contribution < 1.29 is 9.90 Å². The molecule has 0 bridgehead atoms. The van der Waals surface area contributed by atoms with Crippen LogP contribution in [0.2, 0.25) is 0 Å². The summed E-state index contributed by atoms with van der Waals surface area (Å²) >= 11 is 2.25. The first-order valence-electron chi connectivity index (χ1n) is 6.51. The third-order valence-electron chi connectivity index (χ3n) is 3.52. The highest BCUT2D eigenvalue weighted by molar-refractivity contribution is 14.1. The number of nitrogens with one attached hydrogen (secondary N) is 1. The van der Waals surface area contributed by atoms with E-state index in [1.54, 1.807) is 0 Å². The number of amides is 1. The predicted octanol–water partition coefficient (Wildman–Crippen LogP) is 1.99. The molecule has 19 heavy (non-hydrogen) atoms. The molecule has 1 atom stereocenters. The summed E-state index contributed by atoms with van der Waals surface area (Å²) in [5.74, 6) is -0.00958. The Kier molecular flexibility index (Phi) is 5.18. The maximum Gasteiger partial charge on any atom is 0.238 e. The number of aryl methyl sites for hydroxylation is 1. The summed E-state index contributed by atoms with van der Waals surface area (Å²) in [6.07, 6.45) is 2.04. The number of rotatable bonds is 4. The smallest absolute Gasteiger partial charge is 0.238 e. The average Bonchev–Trinajstić information content (AvgIpc) is 2.80. The second-order valence-corrected chi connectivity index (χ2v) is 6.20. The fraction of sp³-hybridized carbons (Fsp3) is 0.500. The zero-order valence-electron chi connectivity index (χ0n) is 11.0. The summed E-state index contributed by atoms with van der Waals surface area (Å²) in [7, 11) is 0. The molecule has 1 unspecified atom stereocenters. The van der Waals surface area contributed by atoms with Gasteiger partial charge in [-0.15, -0.1) is 0 Å². The van der Waals surface area contributed by atoms with Gasteiger partial charge in [-0.2, -0.15) is 0 Å². The molecule has 0 aliphatic carbocycles. The quantitative estimate of drug-likeness (QED) is 0.793. The number of aliphatic hydroxyl groups is 1. The van der Waals surface area contributed by atoms with E-state index in [1.165, 1.54) is 0 Å². The summed E-state index contributed by atoms with van der Waals surface area (Å²) in [4.78, 5) is 14.1. The SMILES string of the molecule is Cc1cc(I)ccc1NC(=O)CN1CCCC1CO. The molecule has 0 spiro atoms. The molecule has 104 valence electrons. The van der Waals surface area contributed by atoms with Gasteiger partial charge in [0.05, 0.1) is 13.2 Å². The van der Waals surface area contributed by atoms with Crippen LogP contribution in [0.25, 0.3) is 0 Å². The largest absolute Gasteiger partial charge is 0.395 e. The van der Waals surface area contributed by atoms with Crippen molar-refractivity contribution >= 4 is 34.2 Å². The Hall–Kier alpha value is -0.660. The van der Waals surface area contributed by atoms with E-state index in [-0.39, 0.29) is 18.6 Å². The van der Waals surface area contributed by atoms with Gasteiger partial charge in [0.2, 0.25) is 5.91 Å². The molecule has 1 aromatic carbocycles. The zero-order chi connectivity index (χ0) is 13.8. The predicted molar refractivity (Wildman–Crippen MR) is 84.2 cm³/mol. The highest BCUT2D eigenvalue weighted by Gasteiger charge is 2.25. The van der Waals surface area contributed by atoms with Crippen LogP contribution in [0.1, 0.15) is 18.4 Å². The lowest BCUT2D eigenvalue weighted by Gasteiger charge is -2.22. The number of hydrogen-bond donors (Lipinski definition) is 2. The van der Waals surface area contributed by atoms with Gasteiger partial charge in [0.25, 0.3) is 0 Å². The van der Waals surface area contributed by atoms with Crippen molar-refractivity contribution in [3.05, 3.63) is 27.3 Å². The summed E-state index contributed by atoms with van der Waals surface area (Å²) < 4.78 is 1.16. The third kappa shape index (κ3) is 3.90. The first kappa shape index (κ1) is 14.7. The van der Waals surface area contributed by atoms with Crippen molar-refractivity contribution in [2.45, 2.75) is 25.8 Å². The Morgan fingerprint density at radius 2 is 2.37 bits per heavy atom. The van der Waals surface area contributed by atoms with Crippen molar-refractivity contribution in [3.8, 4) is 0 Å². The number of anilines is 1. The van der Waals surface area contributed by atoms with E-state index in [0.29, 0.717) is 6.54 Å². The lowest BCUT2D eigenvalue weighted by Crippen LogP contribution is -2.38. The van der Waals surface area contributed by atoms with Crippen molar-refractivity contribution in [2.24, 2.45) is 0 Å². The Bertz CT molecular complexity index is 465. The molecule has 1 fully saturated rings. The van der Waals surface area contributed by atoms with Crippen LogP contribution in [0.5, 0.6) is 0 Å².